The van der Waals surface area contributed by atoms with Crippen molar-refractivity contribution in [2.45, 2.75) is 6.92 Å². The number of carbonyl (C=O) groups is 2. The molecule has 0 aliphatic rings. The van der Waals surface area contributed by atoms with Crippen LogP contribution in [-0.4, -0.2) is 30.2 Å². The van der Waals surface area contributed by atoms with Crippen LogP contribution in [-0.2, 0) is 9.53 Å². The highest BCUT2D eigenvalue weighted by molar-refractivity contribution is 6.00. The van der Waals surface area contributed by atoms with Gasteiger partial charge in [0, 0.05) is 17.8 Å². The molecule has 1 heterocycles. The topological polar surface area (TPSA) is 72.6 Å². The van der Waals surface area contributed by atoms with E-state index in [0.717, 1.165) is 5.56 Å². The number of hydrogen-bond acceptors (Lipinski definition) is 5. The normalized spacial score (nSPS) is 10.8. The number of halogens is 1. The second-order valence-corrected chi connectivity index (χ2v) is 6.80. The molecule has 7 heteroatoms. The molecule has 0 N–H and O–H groups in total. The molecule has 0 fully saturated rings. The molecule has 0 aliphatic carbocycles. The van der Waals surface area contributed by atoms with E-state index >= 15 is 0 Å². The van der Waals surface area contributed by atoms with Gasteiger partial charge < -0.3 is 14.2 Å². The van der Waals surface area contributed by atoms with Crippen molar-refractivity contribution in [1.29, 1.82) is 0 Å². The zero-order valence-electron chi connectivity index (χ0n) is 16.7. The maximum Gasteiger partial charge on any atom is 0.338 e. The van der Waals surface area contributed by atoms with Gasteiger partial charge in [-0.15, -0.1) is 0 Å². The molecule has 0 spiro atoms. The van der Waals surface area contributed by atoms with Gasteiger partial charge in [-0.1, -0.05) is 35.5 Å². The zero-order valence-corrected chi connectivity index (χ0v) is 16.7. The lowest BCUT2D eigenvalue weighted by Crippen LogP contribution is -2.34. The van der Waals surface area contributed by atoms with Gasteiger partial charge in [0.1, 0.15) is 11.3 Å². The average molecular weight is 418 g/mol. The van der Waals surface area contributed by atoms with Gasteiger partial charge in [-0.3, -0.25) is 4.79 Å². The summed E-state index contributed by atoms with van der Waals surface area (Å²) in [7, 11) is 0. The third-order valence-corrected chi connectivity index (χ3v) is 4.83. The summed E-state index contributed by atoms with van der Waals surface area (Å²) < 4.78 is 23.8. The number of rotatable bonds is 6. The van der Waals surface area contributed by atoms with Crippen LogP contribution in [0.15, 0.2) is 77.3 Å². The van der Waals surface area contributed by atoms with Gasteiger partial charge in [0.2, 0.25) is 0 Å². The number of hydrogen-bond donors (Lipinski definition) is 0. The summed E-state index contributed by atoms with van der Waals surface area (Å²) in [4.78, 5) is 26.5. The third-order valence-electron chi connectivity index (χ3n) is 4.83. The predicted molar refractivity (Wildman–Crippen MR) is 114 cm³/mol. The Labute approximate surface area is 177 Å². The third kappa shape index (κ3) is 4.30. The van der Waals surface area contributed by atoms with Gasteiger partial charge in [0.25, 0.3) is 5.91 Å². The van der Waals surface area contributed by atoms with E-state index in [1.54, 1.807) is 25.1 Å². The van der Waals surface area contributed by atoms with Crippen molar-refractivity contribution in [2.75, 3.05) is 18.1 Å². The van der Waals surface area contributed by atoms with Crippen molar-refractivity contribution < 1.29 is 23.2 Å². The van der Waals surface area contributed by atoms with Gasteiger partial charge in [-0.25, -0.2) is 9.18 Å². The molecule has 0 unspecified atom stereocenters. The van der Waals surface area contributed by atoms with E-state index in [0.29, 0.717) is 28.9 Å². The van der Waals surface area contributed by atoms with Crippen LogP contribution in [0.25, 0.3) is 22.2 Å². The first-order chi connectivity index (χ1) is 15.1. The molecule has 6 nitrogen and oxygen atoms in total. The van der Waals surface area contributed by atoms with Crippen molar-refractivity contribution in [3.05, 3.63) is 84.2 Å². The standard InChI is InChI=1S/C24H19FN2O4/c1-2-27(19-11-9-18(25)10-12-19)22(28)15-30-24(29)17-8-13-21-20(14-17)23(31-26-21)16-6-4-3-5-7-16/h3-14H,2,15H2,1H3. The molecule has 0 aliphatic heterocycles. The predicted octanol–water partition coefficient (Wildman–Crippen LogP) is 4.84. The maximum atomic E-state index is 13.1. The minimum atomic E-state index is -0.634. The number of likely N-dealkylation sites (N-methyl/N-ethyl adjacent to an activating group) is 1. The smallest absolute Gasteiger partial charge is 0.338 e. The summed E-state index contributed by atoms with van der Waals surface area (Å²) >= 11 is 0. The van der Waals surface area contributed by atoms with E-state index in [4.69, 9.17) is 9.26 Å². The number of fused-ring (bicyclic) bond motifs is 1. The van der Waals surface area contributed by atoms with Gasteiger partial charge in [0.05, 0.1) is 10.9 Å². The Balaban J connectivity index is 1.49. The molecule has 0 saturated carbocycles. The minimum Gasteiger partial charge on any atom is -0.452 e. The van der Waals surface area contributed by atoms with Crippen LogP contribution in [0.3, 0.4) is 0 Å². The molecule has 156 valence electrons. The van der Waals surface area contributed by atoms with E-state index in [-0.39, 0.29) is 5.56 Å². The van der Waals surface area contributed by atoms with E-state index in [2.05, 4.69) is 5.16 Å². The van der Waals surface area contributed by atoms with Crippen molar-refractivity contribution in [3.8, 4) is 11.3 Å². The number of amides is 1. The van der Waals surface area contributed by atoms with E-state index in [9.17, 15) is 14.0 Å². The fraction of sp³-hybridized carbons (Fsp3) is 0.125. The Morgan fingerprint density at radius 1 is 1.03 bits per heavy atom. The highest BCUT2D eigenvalue weighted by atomic mass is 19.1. The van der Waals surface area contributed by atoms with Gasteiger partial charge in [0.15, 0.2) is 12.4 Å². The molecule has 0 radical (unpaired) electrons. The lowest BCUT2D eigenvalue weighted by molar-refractivity contribution is -0.121. The van der Waals surface area contributed by atoms with Crippen molar-refractivity contribution >= 4 is 28.5 Å². The number of esters is 1. The van der Waals surface area contributed by atoms with Crippen LogP contribution in [0.4, 0.5) is 10.1 Å². The zero-order chi connectivity index (χ0) is 21.8. The molecule has 1 amide bonds. The summed E-state index contributed by atoms with van der Waals surface area (Å²) in [6, 6.07) is 19.9. The molecular weight excluding hydrogens is 399 g/mol. The second kappa shape index (κ2) is 8.79. The highest BCUT2D eigenvalue weighted by Gasteiger charge is 2.19. The van der Waals surface area contributed by atoms with Crippen molar-refractivity contribution in [2.24, 2.45) is 0 Å². The number of ether oxygens (including phenoxy) is 1. The van der Waals surface area contributed by atoms with Gasteiger partial charge in [-0.05, 0) is 49.4 Å². The quantitative estimate of drug-likeness (QED) is 0.419. The van der Waals surface area contributed by atoms with E-state index in [1.165, 1.54) is 29.2 Å². The van der Waals surface area contributed by atoms with Crippen molar-refractivity contribution in [1.82, 2.24) is 5.16 Å². The Morgan fingerprint density at radius 3 is 2.48 bits per heavy atom. The van der Waals surface area contributed by atoms with Crippen LogP contribution in [0.2, 0.25) is 0 Å². The second-order valence-electron chi connectivity index (χ2n) is 6.80. The molecule has 4 rings (SSSR count). The maximum absolute atomic E-state index is 13.1. The van der Waals surface area contributed by atoms with Crippen molar-refractivity contribution in [3.63, 3.8) is 0 Å². The van der Waals surface area contributed by atoms with Crippen LogP contribution in [0.1, 0.15) is 17.3 Å². The molecule has 0 saturated heterocycles. The summed E-state index contributed by atoms with van der Waals surface area (Å²) in [6.45, 7) is 1.71. The summed E-state index contributed by atoms with van der Waals surface area (Å²) in [5, 5.41) is 4.70. The number of carbonyl (C=O) groups excluding carboxylic acids is 2. The largest absolute Gasteiger partial charge is 0.452 e. The molecule has 0 bridgehead atoms. The average Bonchev–Trinajstić information content (AvgIpc) is 3.23. The monoisotopic (exact) mass is 418 g/mol. The van der Waals surface area contributed by atoms with Crippen LogP contribution in [0.5, 0.6) is 0 Å². The first-order valence-corrected chi connectivity index (χ1v) is 9.74. The SMILES string of the molecule is CCN(C(=O)COC(=O)c1ccc2noc(-c3ccccc3)c2c1)c1ccc(F)cc1. The lowest BCUT2D eigenvalue weighted by Gasteiger charge is -2.20. The Hall–Kier alpha value is -4.00. The summed E-state index contributed by atoms with van der Waals surface area (Å²) in [5.74, 6) is -0.878. The fourth-order valence-electron chi connectivity index (χ4n) is 3.28. The number of benzene rings is 3. The molecule has 31 heavy (non-hydrogen) atoms. The molecule has 1 aromatic heterocycles. The number of nitrogens with zero attached hydrogens (tertiary/aromatic N) is 2. The molecule has 3 aromatic carbocycles. The van der Waals surface area contributed by atoms with E-state index in [1.807, 2.05) is 30.3 Å². The van der Waals surface area contributed by atoms with Crippen LogP contribution in [0, 0.1) is 5.82 Å². The fourth-order valence-corrected chi connectivity index (χ4v) is 3.28. The first-order valence-electron chi connectivity index (χ1n) is 9.74. The van der Waals surface area contributed by atoms with Crippen LogP contribution >= 0.6 is 0 Å². The Bertz CT molecular complexity index is 1220. The Morgan fingerprint density at radius 2 is 1.77 bits per heavy atom. The number of anilines is 1. The van der Waals surface area contributed by atoms with Crippen LogP contribution < -0.4 is 4.90 Å². The lowest BCUT2D eigenvalue weighted by atomic mass is 10.1. The minimum absolute atomic E-state index is 0.283. The summed E-state index contributed by atoms with van der Waals surface area (Å²) in [5.41, 5.74) is 2.26. The van der Waals surface area contributed by atoms with E-state index < -0.39 is 24.3 Å². The molecule has 4 aromatic rings. The molecule has 0 atom stereocenters. The summed E-state index contributed by atoms with van der Waals surface area (Å²) in [6.07, 6.45) is 0. The molecular formula is C24H19FN2O4. The van der Waals surface area contributed by atoms with Gasteiger partial charge in [-0.2, -0.15) is 0 Å². The first kappa shape index (κ1) is 20.3. The highest BCUT2D eigenvalue weighted by Crippen LogP contribution is 2.29. The Kier molecular flexibility index (Phi) is 5.75. The number of aromatic nitrogens is 1. The van der Waals surface area contributed by atoms with Gasteiger partial charge >= 0.3 is 5.97 Å².